The molecular formula is C22H16N4O5S. The molecule has 0 fully saturated rings. The molecule has 1 aromatic carbocycles. The highest BCUT2D eigenvalue weighted by Crippen LogP contribution is 2.33. The lowest BCUT2D eigenvalue weighted by Crippen LogP contribution is -2.07. The first-order valence-corrected chi connectivity index (χ1v) is 10.4. The molecule has 5 rings (SSSR count). The minimum Gasteiger partial charge on any atom is -0.462 e. The van der Waals surface area contributed by atoms with Gasteiger partial charge in [-0.3, -0.25) is 0 Å². The number of thiazole rings is 1. The number of hydrogen-bond acceptors (Lipinski definition) is 10. The lowest BCUT2D eigenvalue weighted by Gasteiger charge is -2.00. The van der Waals surface area contributed by atoms with Crippen LogP contribution in [-0.4, -0.2) is 26.3 Å². The van der Waals surface area contributed by atoms with Crippen LogP contribution in [0.5, 0.6) is 0 Å². The molecule has 0 aliphatic heterocycles. The van der Waals surface area contributed by atoms with Gasteiger partial charge in [0.2, 0.25) is 0 Å². The third kappa shape index (κ3) is 3.71. The van der Waals surface area contributed by atoms with Crippen molar-refractivity contribution >= 4 is 17.3 Å². The predicted octanol–water partition coefficient (Wildman–Crippen LogP) is 5.08. The van der Waals surface area contributed by atoms with Gasteiger partial charge in [0, 0.05) is 10.4 Å². The molecule has 0 aliphatic rings. The van der Waals surface area contributed by atoms with Gasteiger partial charge < -0.3 is 18.1 Å². The Kier molecular flexibility index (Phi) is 5.12. The zero-order chi connectivity index (χ0) is 22.1. The smallest absolute Gasteiger partial charge is 0.358 e. The fourth-order valence-electron chi connectivity index (χ4n) is 3.12. The lowest BCUT2D eigenvalue weighted by molar-refractivity contribution is 0.0432. The average Bonchev–Trinajstić information content (AvgIpc) is 3.59. The summed E-state index contributed by atoms with van der Waals surface area (Å²) in [5.74, 6) is 0.935. The second-order valence-electron chi connectivity index (χ2n) is 6.81. The van der Waals surface area contributed by atoms with Crippen molar-refractivity contribution < 1.29 is 22.9 Å². The topological polar surface area (TPSA) is 117 Å². The van der Waals surface area contributed by atoms with Crippen LogP contribution in [-0.2, 0) is 11.3 Å². The van der Waals surface area contributed by atoms with Crippen molar-refractivity contribution in [3.8, 4) is 33.5 Å². The quantitative estimate of drug-likeness (QED) is 0.328. The standard InChI is InChI=1S/C22H16N4O5S/c1-12-17(19(26-31-12)14-7-4-3-5-8-14)20-25-24-16(30-20)11-29-22(27)18-13(2)32-21(23-18)15-9-6-10-28-15/h3-10H,11H2,1-2H3. The molecule has 160 valence electrons. The van der Waals surface area contributed by atoms with Gasteiger partial charge in [-0.05, 0) is 26.0 Å². The van der Waals surface area contributed by atoms with Crippen molar-refractivity contribution in [2.24, 2.45) is 0 Å². The summed E-state index contributed by atoms with van der Waals surface area (Å²) in [6.45, 7) is 3.37. The molecule has 0 N–H and O–H groups in total. The van der Waals surface area contributed by atoms with Crippen LogP contribution in [0.1, 0.15) is 27.0 Å². The van der Waals surface area contributed by atoms with Gasteiger partial charge in [0.15, 0.2) is 23.1 Å². The molecule has 0 spiro atoms. The van der Waals surface area contributed by atoms with Crippen LogP contribution in [0.2, 0.25) is 0 Å². The van der Waals surface area contributed by atoms with E-state index in [1.165, 1.54) is 11.3 Å². The maximum absolute atomic E-state index is 12.5. The lowest BCUT2D eigenvalue weighted by atomic mass is 10.1. The van der Waals surface area contributed by atoms with Crippen LogP contribution in [0.4, 0.5) is 0 Å². The summed E-state index contributed by atoms with van der Waals surface area (Å²) in [6.07, 6.45) is 1.55. The van der Waals surface area contributed by atoms with Gasteiger partial charge in [0.1, 0.15) is 17.0 Å². The van der Waals surface area contributed by atoms with Crippen molar-refractivity contribution in [2.75, 3.05) is 0 Å². The average molecular weight is 448 g/mol. The maximum atomic E-state index is 12.5. The highest BCUT2D eigenvalue weighted by atomic mass is 32.1. The first-order valence-electron chi connectivity index (χ1n) is 9.63. The normalized spacial score (nSPS) is 11.1. The SMILES string of the molecule is Cc1onc(-c2ccccc2)c1-c1nnc(COC(=O)c2nc(-c3ccco3)sc2C)o1. The number of aromatic nitrogens is 4. The first-order chi connectivity index (χ1) is 15.6. The van der Waals surface area contributed by atoms with Crippen LogP contribution in [0.15, 0.2) is 62.1 Å². The molecule has 4 aromatic heterocycles. The van der Waals surface area contributed by atoms with Gasteiger partial charge in [-0.25, -0.2) is 9.78 Å². The van der Waals surface area contributed by atoms with E-state index in [9.17, 15) is 4.79 Å². The number of aryl methyl sites for hydroxylation is 2. The minimum atomic E-state index is -0.581. The third-order valence-electron chi connectivity index (χ3n) is 4.64. The zero-order valence-electron chi connectivity index (χ0n) is 17.1. The molecule has 0 unspecified atom stereocenters. The number of furan rings is 1. The highest BCUT2D eigenvalue weighted by Gasteiger charge is 2.23. The van der Waals surface area contributed by atoms with Crippen LogP contribution in [0, 0.1) is 13.8 Å². The van der Waals surface area contributed by atoms with Crippen LogP contribution < -0.4 is 0 Å². The molecule has 10 heteroatoms. The predicted molar refractivity (Wildman–Crippen MR) is 114 cm³/mol. The number of nitrogens with zero attached hydrogens (tertiary/aromatic N) is 4. The number of esters is 1. The first kappa shape index (κ1) is 19.9. The zero-order valence-corrected chi connectivity index (χ0v) is 17.9. The van der Waals surface area contributed by atoms with Crippen molar-refractivity contribution in [1.82, 2.24) is 20.3 Å². The van der Waals surface area contributed by atoms with Crippen molar-refractivity contribution in [1.29, 1.82) is 0 Å². The Bertz CT molecular complexity index is 1370. The summed E-state index contributed by atoms with van der Waals surface area (Å²) >= 11 is 1.35. The molecule has 0 saturated carbocycles. The van der Waals surface area contributed by atoms with E-state index in [0.717, 1.165) is 10.4 Å². The summed E-state index contributed by atoms with van der Waals surface area (Å²) < 4.78 is 21.7. The van der Waals surface area contributed by atoms with Gasteiger partial charge in [-0.15, -0.1) is 21.5 Å². The summed E-state index contributed by atoms with van der Waals surface area (Å²) in [6, 6.07) is 13.1. The molecule has 9 nitrogen and oxygen atoms in total. The molecule has 0 aliphatic carbocycles. The molecule has 0 radical (unpaired) electrons. The fraction of sp³-hybridized carbons (Fsp3) is 0.136. The minimum absolute atomic E-state index is 0.145. The van der Waals surface area contributed by atoms with E-state index in [-0.39, 0.29) is 24.1 Å². The molecule has 0 amide bonds. The Morgan fingerprint density at radius 3 is 2.72 bits per heavy atom. The second-order valence-corrected chi connectivity index (χ2v) is 8.01. The van der Waals surface area contributed by atoms with Crippen LogP contribution >= 0.6 is 11.3 Å². The highest BCUT2D eigenvalue weighted by molar-refractivity contribution is 7.15. The van der Waals surface area contributed by atoms with Crippen molar-refractivity contribution in [2.45, 2.75) is 20.5 Å². The van der Waals surface area contributed by atoms with Gasteiger partial charge in [0.05, 0.1) is 6.26 Å². The fourth-order valence-corrected chi connectivity index (χ4v) is 3.99. The number of carbonyl (C=O) groups is 1. The van der Waals surface area contributed by atoms with Gasteiger partial charge in [0.25, 0.3) is 11.8 Å². The number of ether oxygens (including phenoxy) is 1. The molecule has 4 heterocycles. The van der Waals surface area contributed by atoms with Crippen molar-refractivity contribution in [3.05, 3.63) is 70.9 Å². The molecule has 0 bridgehead atoms. The Morgan fingerprint density at radius 1 is 1.09 bits per heavy atom. The van der Waals surface area contributed by atoms with Crippen molar-refractivity contribution in [3.63, 3.8) is 0 Å². The van der Waals surface area contributed by atoms with Gasteiger partial charge >= 0.3 is 5.97 Å². The second kappa shape index (κ2) is 8.23. The monoisotopic (exact) mass is 448 g/mol. The maximum Gasteiger partial charge on any atom is 0.358 e. The van der Waals surface area contributed by atoms with Crippen LogP contribution in [0.3, 0.4) is 0 Å². The van der Waals surface area contributed by atoms with E-state index in [4.69, 9.17) is 18.1 Å². The Balaban J connectivity index is 1.32. The number of benzene rings is 1. The van der Waals surface area contributed by atoms with E-state index in [2.05, 4.69) is 20.3 Å². The third-order valence-corrected chi connectivity index (χ3v) is 5.62. The van der Waals surface area contributed by atoms with E-state index in [0.29, 0.717) is 27.8 Å². The van der Waals surface area contributed by atoms with E-state index in [1.54, 1.807) is 32.2 Å². The molecular weight excluding hydrogens is 432 g/mol. The van der Waals surface area contributed by atoms with E-state index >= 15 is 0 Å². The molecule has 0 saturated heterocycles. The Labute approximate surface area is 185 Å². The van der Waals surface area contributed by atoms with E-state index < -0.39 is 5.97 Å². The summed E-state index contributed by atoms with van der Waals surface area (Å²) in [5, 5.41) is 12.8. The van der Waals surface area contributed by atoms with E-state index in [1.807, 2.05) is 30.3 Å². The Morgan fingerprint density at radius 2 is 1.94 bits per heavy atom. The summed E-state index contributed by atoms with van der Waals surface area (Å²) in [7, 11) is 0. The molecule has 0 atom stereocenters. The number of hydrogen-bond donors (Lipinski definition) is 0. The molecule has 5 aromatic rings. The number of carbonyl (C=O) groups excluding carboxylic acids is 1. The van der Waals surface area contributed by atoms with Crippen LogP contribution in [0.25, 0.3) is 33.5 Å². The van der Waals surface area contributed by atoms with Gasteiger partial charge in [-0.2, -0.15) is 0 Å². The molecule has 32 heavy (non-hydrogen) atoms. The summed E-state index contributed by atoms with van der Waals surface area (Å²) in [5.41, 5.74) is 2.28. The number of rotatable bonds is 6. The summed E-state index contributed by atoms with van der Waals surface area (Å²) in [4.78, 5) is 17.6. The largest absolute Gasteiger partial charge is 0.462 e. The van der Waals surface area contributed by atoms with Gasteiger partial charge in [-0.1, -0.05) is 35.5 Å². The Hall–Kier alpha value is -4.05.